The van der Waals surface area contributed by atoms with Gasteiger partial charge in [-0.05, 0) is 49.2 Å². The fourth-order valence-electron chi connectivity index (χ4n) is 3.41. The molecule has 4 rings (SSSR count). The van der Waals surface area contributed by atoms with Gasteiger partial charge in [0.05, 0.1) is 18.0 Å². The van der Waals surface area contributed by atoms with E-state index in [2.05, 4.69) is 5.32 Å². The predicted octanol–water partition coefficient (Wildman–Crippen LogP) is 4.07. The zero-order valence-electron chi connectivity index (χ0n) is 17.8. The molecule has 0 aliphatic carbocycles. The van der Waals surface area contributed by atoms with Gasteiger partial charge in [-0.25, -0.2) is 9.89 Å². The summed E-state index contributed by atoms with van der Waals surface area (Å²) in [4.78, 5) is 36.9. The monoisotopic (exact) mass is 436 g/mol. The van der Waals surface area contributed by atoms with Crippen LogP contribution in [0.2, 0.25) is 0 Å². The first kappa shape index (κ1) is 21.1. The summed E-state index contributed by atoms with van der Waals surface area (Å²) in [6.45, 7) is 5.75. The van der Waals surface area contributed by atoms with E-state index >= 15 is 0 Å². The minimum atomic E-state index is -0.474. The summed E-state index contributed by atoms with van der Waals surface area (Å²) in [6.07, 6.45) is 0. The van der Waals surface area contributed by atoms with Crippen molar-refractivity contribution in [1.82, 2.24) is 4.90 Å². The van der Waals surface area contributed by atoms with Crippen LogP contribution in [-0.4, -0.2) is 46.1 Å². The molecule has 8 heteroatoms. The quantitative estimate of drug-likeness (QED) is 0.766. The van der Waals surface area contributed by atoms with Crippen LogP contribution in [0.5, 0.6) is 5.75 Å². The highest BCUT2D eigenvalue weighted by molar-refractivity contribution is 8.15. The molecule has 0 fully saturated rings. The zero-order valence-corrected chi connectivity index (χ0v) is 18.6. The van der Waals surface area contributed by atoms with Crippen molar-refractivity contribution in [1.29, 1.82) is 0 Å². The van der Waals surface area contributed by atoms with Gasteiger partial charge < -0.3 is 10.1 Å². The molecule has 0 saturated carbocycles. The molecule has 2 aliphatic rings. The van der Waals surface area contributed by atoms with E-state index in [-0.39, 0.29) is 17.7 Å². The normalized spacial score (nSPS) is 18.2. The molecule has 2 amide bonds. The van der Waals surface area contributed by atoms with Crippen molar-refractivity contribution < 1.29 is 14.3 Å². The summed E-state index contributed by atoms with van der Waals surface area (Å²) >= 11 is 1.25. The Kier molecular flexibility index (Phi) is 5.82. The van der Waals surface area contributed by atoms with Gasteiger partial charge in [0.2, 0.25) is 5.91 Å². The van der Waals surface area contributed by atoms with Gasteiger partial charge in [-0.1, -0.05) is 37.7 Å². The fourth-order valence-corrected chi connectivity index (χ4v) is 4.33. The predicted molar refractivity (Wildman–Crippen MR) is 124 cm³/mol. The fraction of sp³-hybridized carbons (Fsp3) is 0.304. The second-order valence-electron chi connectivity index (χ2n) is 7.70. The minimum Gasteiger partial charge on any atom is -0.497 e. The van der Waals surface area contributed by atoms with E-state index in [1.807, 2.05) is 38.1 Å². The van der Waals surface area contributed by atoms with Crippen LogP contribution in [0.3, 0.4) is 0 Å². The van der Waals surface area contributed by atoms with Gasteiger partial charge in [0.25, 0.3) is 5.91 Å². The average molecular weight is 437 g/mol. The molecule has 0 unspecified atom stereocenters. The van der Waals surface area contributed by atoms with Crippen molar-refractivity contribution >= 4 is 46.0 Å². The number of nitrogens with one attached hydrogen (secondary N) is 1. The van der Waals surface area contributed by atoms with Crippen LogP contribution in [-0.2, 0) is 9.59 Å². The number of amides is 2. The van der Waals surface area contributed by atoms with Crippen molar-refractivity contribution in [3.05, 3.63) is 54.1 Å². The smallest absolute Gasteiger partial charge is 0.259 e. The van der Waals surface area contributed by atoms with E-state index in [0.717, 1.165) is 17.0 Å². The van der Waals surface area contributed by atoms with Crippen LogP contribution in [0.15, 0.2) is 58.5 Å². The molecule has 0 aromatic heterocycles. The Morgan fingerprint density at radius 3 is 2.52 bits per heavy atom. The van der Waals surface area contributed by atoms with Crippen LogP contribution < -0.4 is 10.1 Å². The van der Waals surface area contributed by atoms with Gasteiger partial charge in [0, 0.05) is 11.3 Å². The lowest BCUT2D eigenvalue weighted by Gasteiger charge is -2.27. The number of rotatable bonds is 5. The molecule has 0 radical (unpaired) electrons. The number of carbonyl (C=O) groups is 2. The Hall–Kier alpha value is -3.13. The maximum Gasteiger partial charge on any atom is 0.259 e. The third-order valence-corrected chi connectivity index (χ3v) is 6.19. The third kappa shape index (κ3) is 4.07. The highest BCUT2D eigenvalue weighted by atomic mass is 32.2. The maximum absolute atomic E-state index is 13.1. The second-order valence-corrected chi connectivity index (χ2v) is 9.01. The molecular weight excluding hydrogens is 412 g/mol. The Morgan fingerprint density at radius 2 is 1.84 bits per heavy atom. The standard InChI is InChI=1S/C23H24N4O3S/c1-13(2)19-22(29)27-20(26-19)17-7-5-6-8-18(17)25-23(27)31-14(3)21(28)24-15-9-11-16(30-4)12-10-15/h5-14,19H,1-4H3,(H,24,28)/t14-,19+/m0/s1. The number of para-hydroxylation sites is 1. The van der Waals surface area contributed by atoms with Crippen molar-refractivity contribution in [3.8, 4) is 5.75 Å². The van der Waals surface area contributed by atoms with E-state index in [1.165, 1.54) is 11.8 Å². The molecule has 2 aromatic carbocycles. The number of amidine groups is 2. The molecule has 2 atom stereocenters. The molecule has 160 valence electrons. The Labute approximate surface area is 185 Å². The topological polar surface area (TPSA) is 83.4 Å². The molecule has 0 saturated heterocycles. The van der Waals surface area contributed by atoms with Crippen LogP contribution in [0.1, 0.15) is 26.3 Å². The number of hydrogen-bond acceptors (Lipinski definition) is 6. The summed E-state index contributed by atoms with van der Waals surface area (Å²) in [7, 11) is 1.59. The van der Waals surface area contributed by atoms with Gasteiger partial charge >= 0.3 is 0 Å². The number of fused-ring (bicyclic) bond motifs is 3. The lowest BCUT2D eigenvalue weighted by Crippen LogP contribution is -2.43. The molecule has 7 nitrogen and oxygen atoms in total. The Balaban J connectivity index is 1.57. The third-order valence-electron chi connectivity index (χ3n) is 5.14. The molecule has 2 aliphatic heterocycles. The van der Waals surface area contributed by atoms with Crippen molar-refractivity contribution in [2.45, 2.75) is 32.1 Å². The molecular formula is C23H24N4O3S. The number of hydrogen-bond donors (Lipinski definition) is 1. The molecule has 1 N–H and O–H groups in total. The van der Waals surface area contributed by atoms with E-state index in [4.69, 9.17) is 14.7 Å². The number of benzene rings is 2. The summed E-state index contributed by atoms with van der Waals surface area (Å²) in [5.74, 6) is 1.12. The second kappa shape index (κ2) is 8.55. The van der Waals surface area contributed by atoms with Gasteiger partial charge in [0.1, 0.15) is 17.6 Å². The summed E-state index contributed by atoms with van der Waals surface area (Å²) in [5, 5.41) is 2.90. The van der Waals surface area contributed by atoms with Crippen LogP contribution in [0.25, 0.3) is 0 Å². The number of aliphatic imine (C=N–C) groups is 2. The molecule has 2 aromatic rings. The van der Waals surface area contributed by atoms with E-state index in [9.17, 15) is 9.59 Å². The summed E-state index contributed by atoms with van der Waals surface area (Å²) in [5.41, 5.74) is 2.26. The summed E-state index contributed by atoms with van der Waals surface area (Å²) in [6, 6.07) is 14.3. The summed E-state index contributed by atoms with van der Waals surface area (Å²) < 4.78 is 5.15. The van der Waals surface area contributed by atoms with Gasteiger partial charge in [-0.3, -0.25) is 14.6 Å². The molecule has 0 bridgehead atoms. The van der Waals surface area contributed by atoms with Gasteiger partial charge in [0.15, 0.2) is 5.17 Å². The number of nitrogens with zero attached hydrogens (tertiary/aromatic N) is 3. The van der Waals surface area contributed by atoms with Crippen LogP contribution in [0, 0.1) is 5.92 Å². The van der Waals surface area contributed by atoms with Gasteiger partial charge in [-0.2, -0.15) is 0 Å². The van der Waals surface area contributed by atoms with Crippen LogP contribution >= 0.6 is 11.8 Å². The molecule has 2 heterocycles. The molecule has 0 spiro atoms. The Bertz CT molecular complexity index is 1080. The number of anilines is 1. The number of carbonyl (C=O) groups excluding carboxylic acids is 2. The zero-order chi connectivity index (χ0) is 22.1. The van der Waals surface area contributed by atoms with Crippen molar-refractivity contribution in [3.63, 3.8) is 0 Å². The maximum atomic E-state index is 13.1. The van der Waals surface area contributed by atoms with Crippen molar-refractivity contribution in [2.24, 2.45) is 15.9 Å². The van der Waals surface area contributed by atoms with Crippen LogP contribution in [0.4, 0.5) is 11.4 Å². The highest BCUT2D eigenvalue weighted by Crippen LogP contribution is 2.35. The SMILES string of the molecule is COc1ccc(NC(=O)[C@H](C)SC2=Nc3ccccc3C3=N[C@H](C(C)C)C(=O)N23)cc1. The minimum absolute atomic E-state index is 0.0693. The highest BCUT2D eigenvalue weighted by Gasteiger charge is 2.43. The molecule has 31 heavy (non-hydrogen) atoms. The van der Waals surface area contributed by atoms with E-state index < -0.39 is 11.3 Å². The first-order chi connectivity index (χ1) is 14.9. The number of thioether (sulfide) groups is 1. The lowest BCUT2D eigenvalue weighted by atomic mass is 10.1. The first-order valence-electron chi connectivity index (χ1n) is 10.1. The van der Waals surface area contributed by atoms with E-state index in [1.54, 1.807) is 43.2 Å². The average Bonchev–Trinajstić information content (AvgIpc) is 3.12. The lowest BCUT2D eigenvalue weighted by molar-refractivity contribution is -0.125. The first-order valence-corrected chi connectivity index (χ1v) is 11.0. The van der Waals surface area contributed by atoms with Crippen molar-refractivity contribution in [2.75, 3.05) is 12.4 Å². The largest absolute Gasteiger partial charge is 0.497 e. The van der Waals surface area contributed by atoms with Gasteiger partial charge in [-0.15, -0.1) is 0 Å². The van der Waals surface area contributed by atoms with E-state index in [0.29, 0.717) is 16.7 Å². The number of ether oxygens (including phenoxy) is 1. The number of methoxy groups -OCH3 is 1. The Morgan fingerprint density at radius 1 is 1.13 bits per heavy atom.